The van der Waals surface area contributed by atoms with Crippen molar-refractivity contribution in [2.45, 2.75) is 26.3 Å². The number of nitrogens with zero attached hydrogens (tertiary/aromatic N) is 3. The normalized spacial score (nSPS) is 11.7. The molecule has 0 saturated heterocycles. The lowest BCUT2D eigenvalue weighted by Gasteiger charge is -2.33. The summed E-state index contributed by atoms with van der Waals surface area (Å²) in [6.07, 6.45) is 2.12. The molecule has 25 heavy (non-hydrogen) atoms. The molecule has 130 valence electrons. The van der Waals surface area contributed by atoms with E-state index in [0.29, 0.717) is 11.3 Å². The number of amides is 1. The number of imidazole rings is 1. The Morgan fingerprint density at radius 2 is 1.92 bits per heavy atom. The average Bonchev–Trinajstić information content (AvgIpc) is 2.91. The van der Waals surface area contributed by atoms with Gasteiger partial charge >= 0.3 is 6.09 Å². The quantitative estimate of drug-likeness (QED) is 0.740. The molecule has 0 bridgehead atoms. The SMILES string of the molecule is CC(C)(C)N(C(=O)O)c1ccn2cc(-c3cc(F)ccc3F)nc2c1. The van der Waals surface area contributed by atoms with Gasteiger partial charge in [-0.15, -0.1) is 0 Å². The minimum atomic E-state index is -1.08. The van der Waals surface area contributed by atoms with Crippen LogP contribution in [-0.2, 0) is 0 Å². The third kappa shape index (κ3) is 3.17. The van der Waals surface area contributed by atoms with Crippen LogP contribution < -0.4 is 4.90 Å². The first-order chi connectivity index (χ1) is 11.7. The van der Waals surface area contributed by atoms with E-state index in [0.717, 1.165) is 18.2 Å². The summed E-state index contributed by atoms with van der Waals surface area (Å²) in [5, 5.41) is 9.49. The second-order valence-corrected chi connectivity index (χ2v) is 6.69. The van der Waals surface area contributed by atoms with E-state index in [-0.39, 0.29) is 11.3 Å². The van der Waals surface area contributed by atoms with E-state index in [4.69, 9.17) is 0 Å². The van der Waals surface area contributed by atoms with Gasteiger partial charge in [-0.2, -0.15) is 0 Å². The number of rotatable bonds is 2. The van der Waals surface area contributed by atoms with E-state index in [1.165, 1.54) is 4.90 Å². The first-order valence-corrected chi connectivity index (χ1v) is 7.64. The van der Waals surface area contributed by atoms with Crippen LogP contribution in [0.15, 0.2) is 42.7 Å². The number of hydrogen-bond acceptors (Lipinski definition) is 2. The van der Waals surface area contributed by atoms with Crippen molar-refractivity contribution in [3.8, 4) is 11.3 Å². The number of hydrogen-bond donors (Lipinski definition) is 1. The molecule has 0 aliphatic carbocycles. The van der Waals surface area contributed by atoms with Gasteiger partial charge in [0.05, 0.1) is 11.4 Å². The van der Waals surface area contributed by atoms with Crippen LogP contribution in [0.5, 0.6) is 0 Å². The fourth-order valence-corrected chi connectivity index (χ4v) is 2.72. The molecule has 0 radical (unpaired) electrons. The Balaban J connectivity index is 2.11. The zero-order chi connectivity index (χ0) is 18.4. The lowest BCUT2D eigenvalue weighted by molar-refractivity contribution is 0.195. The van der Waals surface area contributed by atoms with Crippen molar-refractivity contribution in [2.24, 2.45) is 0 Å². The van der Waals surface area contributed by atoms with Gasteiger partial charge in [0, 0.05) is 29.6 Å². The number of aromatic nitrogens is 2. The third-order valence-corrected chi connectivity index (χ3v) is 3.77. The first kappa shape index (κ1) is 16.9. The van der Waals surface area contributed by atoms with Crippen LogP contribution in [0, 0.1) is 11.6 Å². The Morgan fingerprint density at radius 3 is 2.56 bits per heavy atom. The molecular weight excluding hydrogens is 328 g/mol. The fourth-order valence-electron chi connectivity index (χ4n) is 2.72. The van der Waals surface area contributed by atoms with Crippen LogP contribution in [0.25, 0.3) is 16.9 Å². The Kier molecular flexibility index (Phi) is 3.94. The smallest absolute Gasteiger partial charge is 0.412 e. The van der Waals surface area contributed by atoms with Gasteiger partial charge in [0.1, 0.15) is 17.3 Å². The van der Waals surface area contributed by atoms with Crippen LogP contribution in [0.1, 0.15) is 20.8 Å². The molecule has 0 spiro atoms. The highest BCUT2D eigenvalue weighted by atomic mass is 19.1. The van der Waals surface area contributed by atoms with Crippen molar-refractivity contribution < 1.29 is 18.7 Å². The molecule has 3 rings (SSSR count). The van der Waals surface area contributed by atoms with Crippen molar-refractivity contribution in [3.63, 3.8) is 0 Å². The van der Waals surface area contributed by atoms with E-state index in [2.05, 4.69) is 4.98 Å². The second kappa shape index (κ2) is 5.84. The predicted octanol–water partition coefficient (Wildman–Crippen LogP) is 4.56. The van der Waals surface area contributed by atoms with Gasteiger partial charge in [-0.3, -0.25) is 4.90 Å². The number of fused-ring (bicyclic) bond motifs is 1. The molecule has 7 heteroatoms. The van der Waals surface area contributed by atoms with Gasteiger partial charge in [-0.1, -0.05) is 0 Å². The molecule has 0 aliphatic heterocycles. The highest BCUT2D eigenvalue weighted by molar-refractivity contribution is 5.88. The Labute approximate surface area is 143 Å². The standard InChI is InChI=1S/C18H17F2N3O2/c1-18(2,3)23(17(24)25)12-6-7-22-10-15(21-16(22)9-12)13-8-11(19)4-5-14(13)20/h4-10H,1-3H3,(H,24,25). The molecule has 0 unspecified atom stereocenters. The van der Waals surface area contributed by atoms with Crippen molar-refractivity contribution in [2.75, 3.05) is 4.90 Å². The number of anilines is 1. The van der Waals surface area contributed by atoms with Gasteiger partial charge in [-0.25, -0.2) is 18.6 Å². The lowest BCUT2D eigenvalue weighted by Crippen LogP contribution is -2.45. The van der Waals surface area contributed by atoms with Crippen LogP contribution in [0.2, 0.25) is 0 Å². The zero-order valence-corrected chi connectivity index (χ0v) is 14.0. The molecule has 1 N–H and O–H groups in total. The minimum Gasteiger partial charge on any atom is -0.465 e. The summed E-state index contributed by atoms with van der Waals surface area (Å²) in [4.78, 5) is 17.1. The highest BCUT2D eigenvalue weighted by Crippen LogP contribution is 2.28. The molecule has 0 fully saturated rings. The zero-order valence-electron chi connectivity index (χ0n) is 14.0. The van der Waals surface area contributed by atoms with Crippen molar-refractivity contribution in [3.05, 3.63) is 54.4 Å². The van der Waals surface area contributed by atoms with Gasteiger partial charge in [0.2, 0.25) is 0 Å². The molecule has 5 nitrogen and oxygen atoms in total. The summed E-state index contributed by atoms with van der Waals surface area (Å²) in [7, 11) is 0. The van der Waals surface area contributed by atoms with E-state index in [1.807, 2.05) is 0 Å². The van der Waals surface area contributed by atoms with Gasteiger partial charge < -0.3 is 9.51 Å². The highest BCUT2D eigenvalue weighted by Gasteiger charge is 2.28. The first-order valence-electron chi connectivity index (χ1n) is 7.64. The van der Waals surface area contributed by atoms with Gasteiger partial charge in [0.25, 0.3) is 0 Å². The number of benzene rings is 1. The Hall–Kier alpha value is -2.96. The molecule has 2 aromatic heterocycles. The summed E-state index contributed by atoms with van der Waals surface area (Å²) in [5.74, 6) is -1.13. The fraction of sp³-hybridized carbons (Fsp3) is 0.222. The molecule has 0 aliphatic rings. The molecule has 2 heterocycles. The maximum absolute atomic E-state index is 14.0. The summed E-state index contributed by atoms with van der Waals surface area (Å²) in [5.41, 5.74) is 0.563. The maximum Gasteiger partial charge on any atom is 0.412 e. The minimum absolute atomic E-state index is 0.0520. The average molecular weight is 345 g/mol. The molecule has 0 atom stereocenters. The van der Waals surface area contributed by atoms with Crippen LogP contribution >= 0.6 is 0 Å². The van der Waals surface area contributed by atoms with E-state index in [1.54, 1.807) is 49.7 Å². The van der Waals surface area contributed by atoms with Crippen LogP contribution in [-0.4, -0.2) is 26.1 Å². The van der Waals surface area contributed by atoms with Crippen molar-refractivity contribution in [1.29, 1.82) is 0 Å². The molecule has 1 amide bonds. The number of carbonyl (C=O) groups is 1. The van der Waals surface area contributed by atoms with Crippen LogP contribution in [0.4, 0.5) is 19.3 Å². The monoisotopic (exact) mass is 345 g/mol. The number of pyridine rings is 1. The van der Waals surface area contributed by atoms with Crippen molar-refractivity contribution in [1.82, 2.24) is 9.38 Å². The summed E-state index contributed by atoms with van der Waals surface area (Å²) in [6, 6.07) is 6.41. The number of halogens is 2. The second-order valence-electron chi connectivity index (χ2n) is 6.69. The molecule has 0 saturated carbocycles. The Bertz CT molecular complexity index is 961. The Morgan fingerprint density at radius 1 is 1.20 bits per heavy atom. The predicted molar refractivity (Wildman–Crippen MR) is 90.8 cm³/mol. The molecule has 1 aromatic carbocycles. The van der Waals surface area contributed by atoms with Crippen LogP contribution in [0.3, 0.4) is 0 Å². The number of carboxylic acid groups (broad SMARTS) is 1. The summed E-state index contributed by atoms with van der Waals surface area (Å²) >= 11 is 0. The summed E-state index contributed by atoms with van der Waals surface area (Å²) < 4.78 is 29.0. The van der Waals surface area contributed by atoms with Gasteiger partial charge in [0.15, 0.2) is 0 Å². The van der Waals surface area contributed by atoms with Gasteiger partial charge in [-0.05, 0) is 45.0 Å². The van der Waals surface area contributed by atoms with E-state index >= 15 is 0 Å². The van der Waals surface area contributed by atoms with Crippen molar-refractivity contribution >= 4 is 17.4 Å². The summed E-state index contributed by atoms with van der Waals surface area (Å²) in [6.45, 7) is 5.35. The molecular formula is C18H17F2N3O2. The third-order valence-electron chi connectivity index (χ3n) is 3.77. The lowest BCUT2D eigenvalue weighted by atomic mass is 10.1. The largest absolute Gasteiger partial charge is 0.465 e. The molecule has 3 aromatic rings. The maximum atomic E-state index is 14.0. The topological polar surface area (TPSA) is 57.8 Å². The van der Waals surface area contributed by atoms with E-state index in [9.17, 15) is 18.7 Å². The van der Waals surface area contributed by atoms with E-state index < -0.39 is 23.3 Å².